The van der Waals surface area contributed by atoms with Crippen LogP contribution in [0.2, 0.25) is 0 Å². The zero-order chi connectivity index (χ0) is 38.0. The van der Waals surface area contributed by atoms with Crippen LogP contribution in [-0.4, -0.2) is 11.7 Å². The van der Waals surface area contributed by atoms with Crippen LogP contribution < -0.4 is 14.4 Å². The van der Waals surface area contributed by atoms with E-state index in [1.54, 1.807) is 0 Å². The third kappa shape index (κ3) is 4.02. The topological polar surface area (TPSA) is 14.7 Å². The molecule has 0 bridgehead atoms. The highest BCUT2D eigenvalue weighted by Gasteiger charge is 2.55. The van der Waals surface area contributed by atoms with E-state index in [4.69, 9.17) is 0 Å². The molecule has 3 aliphatic heterocycles. The van der Waals surface area contributed by atoms with E-state index >= 15 is 0 Å². The number of hydrogen-bond donors (Lipinski definition) is 0. The summed E-state index contributed by atoms with van der Waals surface area (Å²) in [5, 5.41) is 5.05. The van der Waals surface area contributed by atoms with Gasteiger partial charge in [-0.1, -0.05) is 115 Å². The second kappa shape index (κ2) is 11.9. The van der Waals surface area contributed by atoms with Gasteiger partial charge < -0.3 is 19.0 Å². The zero-order valence-corrected chi connectivity index (χ0v) is 32.3. The van der Waals surface area contributed by atoms with Gasteiger partial charge in [-0.05, 0) is 102 Å². The number of anilines is 6. The van der Waals surface area contributed by atoms with Crippen LogP contribution in [0.4, 0.5) is 34.1 Å². The van der Waals surface area contributed by atoms with Crippen molar-refractivity contribution in [2.24, 2.45) is 0 Å². The maximum atomic E-state index is 2.69. The molecular formula is C52H35BN4S. The number of nitrogens with zero attached hydrogens (tertiary/aromatic N) is 4. The fourth-order valence-corrected chi connectivity index (χ4v) is 14.4. The Morgan fingerprint density at radius 3 is 1.28 bits per heavy atom. The van der Waals surface area contributed by atoms with Crippen LogP contribution in [0, 0.1) is 0 Å². The highest BCUT2D eigenvalue weighted by Crippen LogP contribution is 2.77. The van der Waals surface area contributed by atoms with Gasteiger partial charge in [0.2, 0.25) is 0 Å². The van der Waals surface area contributed by atoms with Crippen molar-refractivity contribution in [3.8, 4) is 5.69 Å². The molecule has 272 valence electrons. The number of hydrogen-bond acceptors (Lipinski definition) is 3. The standard InChI is InChI=1S/C52H35BN4S/c1-5-20-37(21-6-1)54-41-28-15-32-45-50(41)51-42(54)29-16-33-46(51)56-47-34-17-35-48(52(47)57-44-31-14-19-36-18-13-30-43(49(36)44)55(45)53(56)57)58(38-22-7-2-8-23-38,39-24-9-3-10-25-39)40-26-11-4-12-27-40/h1-35H. The third-order valence-electron chi connectivity index (χ3n) is 12.5. The average molecular weight is 759 g/mol. The largest absolute Gasteiger partial charge is 0.519 e. The molecule has 0 spiro atoms. The van der Waals surface area contributed by atoms with E-state index in [2.05, 4.69) is 231 Å². The van der Waals surface area contributed by atoms with E-state index in [0.29, 0.717) is 0 Å². The Kier molecular flexibility index (Phi) is 6.58. The van der Waals surface area contributed by atoms with Gasteiger partial charge in [-0.25, -0.2) is 0 Å². The van der Waals surface area contributed by atoms with Crippen LogP contribution in [0.15, 0.2) is 232 Å². The molecule has 0 N–H and O–H groups in total. The predicted octanol–water partition coefficient (Wildman–Crippen LogP) is 14.0. The lowest BCUT2D eigenvalue weighted by atomic mass is 9.78. The second-order valence-corrected chi connectivity index (χ2v) is 18.4. The zero-order valence-electron chi connectivity index (χ0n) is 31.5. The minimum absolute atomic E-state index is 0.204. The minimum atomic E-state index is -2.05. The number of para-hydroxylation sites is 2. The van der Waals surface area contributed by atoms with Crippen molar-refractivity contribution in [1.82, 2.24) is 4.57 Å². The summed E-state index contributed by atoms with van der Waals surface area (Å²) in [5.41, 5.74) is 10.9. The second-order valence-electron chi connectivity index (χ2n) is 15.3. The Hall–Kier alpha value is -7.15. The molecule has 0 radical (unpaired) electrons. The smallest absolute Gasteiger partial charge is 0.344 e. The summed E-state index contributed by atoms with van der Waals surface area (Å²) in [6, 6.07) is 79.2. The van der Waals surface area contributed by atoms with Crippen molar-refractivity contribution in [2.75, 3.05) is 14.4 Å². The van der Waals surface area contributed by atoms with Crippen molar-refractivity contribution in [1.29, 1.82) is 0 Å². The molecule has 0 saturated carbocycles. The first-order valence-corrected chi connectivity index (χ1v) is 21.6. The summed E-state index contributed by atoms with van der Waals surface area (Å²) < 4.78 is 2.46. The maximum absolute atomic E-state index is 2.69. The fourth-order valence-electron chi connectivity index (χ4n) is 10.4. The summed E-state index contributed by atoms with van der Waals surface area (Å²) in [7, 11) is -2.25. The highest BCUT2D eigenvalue weighted by molar-refractivity contribution is 8.34. The van der Waals surface area contributed by atoms with Gasteiger partial charge in [-0.15, -0.1) is 10.0 Å². The summed E-state index contributed by atoms with van der Waals surface area (Å²) >= 11 is 0. The molecule has 13 rings (SSSR count). The number of aromatic nitrogens is 1. The SMILES string of the molecule is c1ccc(-n2c3cccc4c3c3c(cccc32)N2B3N(c5c(cccc5S(c5ccccc5)(c5ccccc5)c5ccccc5)N34)c3cccc4cccc2c34)cc1. The molecule has 6 heteroatoms. The molecule has 0 fully saturated rings. The third-order valence-corrected chi connectivity index (χ3v) is 16.4. The van der Waals surface area contributed by atoms with Crippen LogP contribution in [0.3, 0.4) is 0 Å². The first-order valence-electron chi connectivity index (χ1n) is 20.0. The molecule has 4 heterocycles. The Balaban J connectivity index is 1.22. The fraction of sp³-hybridized carbons (Fsp3) is 0. The van der Waals surface area contributed by atoms with E-state index in [1.165, 1.54) is 86.3 Å². The van der Waals surface area contributed by atoms with E-state index < -0.39 is 10.0 Å². The first kappa shape index (κ1) is 32.0. The lowest BCUT2D eigenvalue weighted by Crippen LogP contribution is -2.57. The number of fused-ring (bicyclic) bond motifs is 7. The molecule has 0 aliphatic carbocycles. The van der Waals surface area contributed by atoms with Gasteiger partial charge >= 0.3 is 7.12 Å². The Labute approximate surface area is 338 Å². The van der Waals surface area contributed by atoms with Crippen molar-refractivity contribution < 1.29 is 0 Å². The Bertz CT molecular complexity index is 3160. The van der Waals surface area contributed by atoms with Gasteiger partial charge in [0, 0.05) is 64.2 Å². The molecule has 0 unspecified atom stereocenters. The van der Waals surface area contributed by atoms with Gasteiger partial charge in [-0.2, -0.15) is 0 Å². The number of benzene rings is 9. The predicted molar refractivity (Wildman–Crippen MR) is 243 cm³/mol. The van der Waals surface area contributed by atoms with Crippen molar-refractivity contribution in [3.05, 3.63) is 212 Å². The monoisotopic (exact) mass is 758 g/mol. The molecule has 10 aromatic rings. The molecule has 0 saturated heterocycles. The maximum Gasteiger partial charge on any atom is 0.519 e. The number of rotatable bonds is 5. The summed E-state index contributed by atoms with van der Waals surface area (Å²) in [4.78, 5) is 13.2. The Morgan fingerprint density at radius 1 is 0.328 bits per heavy atom. The van der Waals surface area contributed by atoms with E-state index in [9.17, 15) is 0 Å². The molecule has 0 amide bonds. The van der Waals surface area contributed by atoms with Gasteiger partial charge in [0.25, 0.3) is 0 Å². The van der Waals surface area contributed by atoms with Crippen LogP contribution in [0.25, 0.3) is 38.3 Å². The van der Waals surface area contributed by atoms with E-state index in [-0.39, 0.29) is 7.12 Å². The van der Waals surface area contributed by atoms with Gasteiger partial charge in [0.15, 0.2) is 0 Å². The van der Waals surface area contributed by atoms with Gasteiger partial charge in [0.05, 0.1) is 22.4 Å². The van der Waals surface area contributed by atoms with E-state index in [0.717, 1.165) is 5.69 Å². The molecule has 1 aromatic heterocycles. The van der Waals surface area contributed by atoms with Crippen molar-refractivity contribution >= 4 is 83.8 Å². The van der Waals surface area contributed by atoms with Crippen molar-refractivity contribution in [2.45, 2.75) is 19.6 Å². The lowest BCUT2D eigenvalue weighted by Gasteiger charge is -2.45. The molecule has 9 aromatic carbocycles. The Morgan fingerprint density at radius 2 is 0.741 bits per heavy atom. The summed E-state index contributed by atoms with van der Waals surface area (Å²) in [6.45, 7) is 0. The van der Waals surface area contributed by atoms with Gasteiger partial charge in [-0.3, -0.25) is 0 Å². The molecular weight excluding hydrogens is 723 g/mol. The molecule has 4 nitrogen and oxygen atoms in total. The van der Waals surface area contributed by atoms with E-state index in [1.807, 2.05) is 0 Å². The van der Waals surface area contributed by atoms with Crippen LogP contribution in [0.1, 0.15) is 0 Å². The molecule has 58 heavy (non-hydrogen) atoms. The normalized spacial score (nSPS) is 14.0. The van der Waals surface area contributed by atoms with Crippen molar-refractivity contribution in [3.63, 3.8) is 0 Å². The first-order chi connectivity index (χ1) is 28.8. The van der Waals surface area contributed by atoms with Crippen LogP contribution >= 0.6 is 10.0 Å². The molecule has 0 atom stereocenters. The highest BCUT2D eigenvalue weighted by atomic mass is 32.3. The quantitative estimate of drug-likeness (QED) is 0.162. The minimum Gasteiger partial charge on any atom is -0.344 e. The van der Waals surface area contributed by atoms with Gasteiger partial charge in [0.1, 0.15) is 0 Å². The van der Waals surface area contributed by atoms with Crippen LogP contribution in [0.5, 0.6) is 0 Å². The molecule has 3 aliphatic rings. The summed E-state index contributed by atoms with van der Waals surface area (Å²) in [5.74, 6) is 0. The average Bonchev–Trinajstić information content (AvgIpc) is 3.78. The van der Waals surface area contributed by atoms with Crippen LogP contribution in [-0.2, 0) is 0 Å². The summed E-state index contributed by atoms with van der Waals surface area (Å²) in [6.07, 6.45) is 0. The lowest BCUT2D eigenvalue weighted by molar-refractivity contribution is 1.18.